The molecule has 1 aliphatic carbocycles. The fraction of sp³-hybridized carbons (Fsp3) is 0.500. The lowest BCUT2D eigenvalue weighted by Crippen LogP contribution is -2.31. The lowest BCUT2D eigenvalue weighted by Gasteiger charge is -2.29. The highest BCUT2D eigenvalue weighted by Crippen LogP contribution is 2.41. The van der Waals surface area contributed by atoms with Gasteiger partial charge in [0.15, 0.2) is 5.78 Å². The van der Waals surface area contributed by atoms with Gasteiger partial charge in [-0.1, -0.05) is 29.6 Å². The summed E-state index contributed by atoms with van der Waals surface area (Å²) in [6.07, 6.45) is -3.35. The Bertz CT molecular complexity index is 514. The topological polar surface area (TPSA) is 17.1 Å². The van der Waals surface area contributed by atoms with Gasteiger partial charge in [0.1, 0.15) is 0 Å². The summed E-state index contributed by atoms with van der Waals surface area (Å²) in [6, 6.07) is 4.42. The molecule has 0 bridgehead atoms. The molecule has 1 nitrogen and oxygen atoms in total. The summed E-state index contributed by atoms with van der Waals surface area (Å²) >= 11 is 11.6. The first-order valence-corrected chi connectivity index (χ1v) is 7.10. The van der Waals surface area contributed by atoms with E-state index in [2.05, 4.69) is 0 Å². The van der Waals surface area contributed by atoms with Gasteiger partial charge in [-0.25, -0.2) is 0 Å². The Kier molecular flexibility index (Phi) is 4.65. The molecule has 1 aliphatic rings. The van der Waals surface area contributed by atoms with Gasteiger partial charge in [-0.15, -0.1) is 0 Å². The summed E-state index contributed by atoms with van der Waals surface area (Å²) < 4.78 is 38.2. The number of carbonyl (C=O) groups is 1. The molecule has 1 fully saturated rings. The number of carbonyl (C=O) groups excluding carboxylic acids is 1. The summed E-state index contributed by atoms with van der Waals surface area (Å²) in [6.45, 7) is 0. The molecule has 0 aromatic heterocycles. The van der Waals surface area contributed by atoms with Crippen molar-refractivity contribution in [1.82, 2.24) is 0 Å². The third kappa shape index (κ3) is 3.47. The lowest BCUT2D eigenvalue weighted by atomic mass is 9.77. The van der Waals surface area contributed by atoms with Crippen LogP contribution in [0.15, 0.2) is 18.2 Å². The molecule has 0 aliphatic heterocycles. The van der Waals surface area contributed by atoms with Crippen LogP contribution in [0.3, 0.4) is 0 Å². The summed E-state index contributed by atoms with van der Waals surface area (Å²) in [5.41, 5.74) is 0.326. The largest absolute Gasteiger partial charge is 0.391 e. The summed E-state index contributed by atoms with van der Waals surface area (Å²) in [7, 11) is 0. The van der Waals surface area contributed by atoms with Gasteiger partial charge in [0.25, 0.3) is 0 Å². The molecule has 1 aromatic carbocycles. The van der Waals surface area contributed by atoms with Crippen LogP contribution in [0.4, 0.5) is 13.2 Å². The van der Waals surface area contributed by atoms with Crippen LogP contribution >= 0.6 is 23.2 Å². The van der Waals surface area contributed by atoms with Gasteiger partial charge < -0.3 is 0 Å². The highest BCUT2D eigenvalue weighted by atomic mass is 35.5. The predicted octanol–water partition coefficient (Wildman–Crippen LogP) is 5.54. The molecular formula is C14H13Cl2F3O. The molecule has 1 aromatic rings. The van der Waals surface area contributed by atoms with Gasteiger partial charge in [-0.05, 0) is 37.5 Å². The molecular weight excluding hydrogens is 312 g/mol. The van der Waals surface area contributed by atoms with E-state index in [4.69, 9.17) is 23.2 Å². The fourth-order valence-electron chi connectivity index (χ4n) is 2.61. The maximum Gasteiger partial charge on any atom is 0.391 e. The molecule has 0 heterocycles. The van der Waals surface area contributed by atoms with Crippen molar-refractivity contribution in [3.63, 3.8) is 0 Å². The van der Waals surface area contributed by atoms with Crippen LogP contribution in [0, 0.1) is 11.8 Å². The van der Waals surface area contributed by atoms with Gasteiger partial charge >= 0.3 is 6.18 Å². The van der Waals surface area contributed by atoms with Gasteiger partial charge in [0.05, 0.1) is 16.0 Å². The Morgan fingerprint density at radius 1 is 1.15 bits per heavy atom. The summed E-state index contributed by atoms with van der Waals surface area (Å²) in [5.74, 6) is -2.25. The van der Waals surface area contributed by atoms with E-state index in [0.29, 0.717) is 23.4 Å². The molecule has 0 saturated heterocycles. The molecule has 110 valence electrons. The van der Waals surface area contributed by atoms with Crippen LogP contribution in [0.2, 0.25) is 10.0 Å². The number of ketones is 1. The van der Waals surface area contributed by atoms with Crippen molar-refractivity contribution in [2.75, 3.05) is 0 Å². The average Bonchev–Trinajstić information content (AvgIpc) is 2.40. The van der Waals surface area contributed by atoms with Crippen LogP contribution in [-0.4, -0.2) is 12.0 Å². The van der Waals surface area contributed by atoms with E-state index in [-0.39, 0.29) is 23.6 Å². The molecule has 2 atom stereocenters. The second-order valence-electron chi connectivity index (χ2n) is 5.10. The molecule has 0 amide bonds. The van der Waals surface area contributed by atoms with Crippen LogP contribution in [-0.2, 0) is 0 Å². The Hall–Kier alpha value is -0.740. The molecule has 1 saturated carbocycles. The predicted molar refractivity (Wildman–Crippen MR) is 72.3 cm³/mol. The summed E-state index contributed by atoms with van der Waals surface area (Å²) in [5, 5.41) is 0.556. The standard InChI is InChI=1S/C14H13Cl2F3O/c15-11-5-4-9(7-12(11)16)13(20)8-2-1-3-10(6-8)14(17,18)19/h4-5,7-8,10H,1-3,6H2. The minimum atomic E-state index is -4.23. The minimum Gasteiger partial charge on any atom is -0.294 e. The Morgan fingerprint density at radius 2 is 1.85 bits per heavy atom. The Morgan fingerprint density at radius 3 is 2.45 bits per heavy atom. The SMILES string of the molecule is O=C(c1ccc(Cl)c(Cl)c1)C1CCCC(C(F)(F)F)C1. The normalized spacial score (nSPS) is 23.6. The van der Waals surface area contributed by atoms with E-state index in [1.807, 2.05) is 0 Å². The highest BCUT2D eigenvalue weighted by molar-refractivity contribution is 6.42. The third-order valence-electron chi connectivity index (χ3n) is 3.71. The van der Waals surface area contributed by atoms with Crippen molar-refractivity contribution < 1.29 is 18.0 Å². The molecule has 0 N–H and O–H groups in total. The monoisotopic (exact) mass is 324 g/mol. The second-order valence-corrected chi connectivity index (χ2v) is 5.91. The summed E-state index contributed by atoms with van der Waals surface area (Å²) in [4.78, 5) is 12.3. The van der Waals surface area contributed by atoms with Crippen LogP contribution in [0.1, 0.15) is 36.0 Å². The van der Waals surface area contributed by atoms with Crippen LogP contribution < -0.4 is 0 Å². The van der Waals surface area contributed by atoms with E-state index in [0.717, 1.165) is 0 Å². The van der Waals surface area contributed by atoms with Gasteiger partial charge in [0, 0.05) is 11.5 Å². The maximum atomic E-state index is 12.7. The number of hydrogen-bond acceptors (Lipinski definition) is 1. The van der Waals surface area contributed by atoms with E-state index >= 15 is 0 Å². The zero-order valence-corrected chi connectivity index (χ0v) is 12.0. The Labute approximate surface area is 125 Å². The van der Waals surface area contributed by atoms with Crippen molar-refractivity contribution in [3.05, 3.63) is 33.8 Å². The van der Waals surface area contributed by atoms with E-state index in [9.17, 15) is 18.0 Å². The van der Waals surface area contributed by atoms with E-state index < -0.39 is 18.0 Å². The third-order valence-corrected chi connectivity index (χ3v) is 4.45. The zero-order chi connectivity index (χ0) is 14.9. The number of Topliss-reactive ketones (excluding diaryl/α,β-unsaturated/α-hetero) is 1. The van der Waals surface area contributed by atoms with E-state index in [1.54, 1.807) is 0 Å². The first kappa shape index (κ1) is 15.6. The number of alkyl halides is 3. The zero-order valence-electron chi connectivity index (χ0n) is 10.5. The lowest BCUT2D eigenvalue weighted by molar-refractivity contribution is -0.184. The van der Waals surface area contributed by atoms with Crippen molar-refractivity contribution in [2.24, 2.45) is 11.8 Å². The van der Waals surface area contributed by atoms with Crippen LogP contribution in [0.25, 0.3) is 0 Å². The number of rotatable bonds is 2. The first-order chi connectivity index (χ1) is 9.29. The molecule has 6 heteroatoms. The van der Waals surface area contributed by atoms with Crippen molar-refractivity contribution in [2.45, 2.75) is 31.9 Å². The molecule has 0 radical (unpaired) electrons. The first-order valence-electron chi connectivity index (χ1n) is 6.35. The van der Waals surface area contributed by atoms with Gasteiger partial charge in [-0.3, -0.25) is 4.79 Å². The van der Waals surface area contributed by atoms with Crippen molar-refractivity contribution in [3.8, 4) is 0 Å². The number of halogens is 5. The minimum absolute atomic E-state index is 0.106. The number of hydrogen-bond donors (Lipinski definition) is 0. The molecule has 2 unspecified atom stereocenters. The second kappa shape index (κ2) is 5.94. The highest BCUT2D eigenvalue weighted by Gasteiger charge is 2.43. The Balaban J connectivity index is 2.14. The molecule has 0 spiro atoms. The van der Waals surface area contributed by atoms with Crippen molar-refractivity contribution >= 4 is 29.0 Å². The van der Waals surface area contributed by atoms with Gasteiger partial charge in [0.2, 0.25) is 0 Å². The average molecular weight is 325 g/mol. The molecule has 20 heavy (non-hydrogen) atoms. The van der Waals surface area contributed by atoms with Crippen LogP contribution in [0.5, 0.6) is 0 Å². The molecule has 2 rings (SSSR count). The maximum absolute atomic E-state index is 12.7. The smallest absolute Gasteiger partial charge is 0.294 e. The van der Waals surface area contributed by atoms with Crippen molar-refractivity contribution in [1.29, 1.82) is 0 Å². The fourth-order valence-corrected chi connectivity index (χ4v) is 2.91. The number of benzene rings is 1. The quantitative estimate of drug-likeness (QED) is 0.652. The van der Waals surface area contributed by atoms with Gasteiger partial charge in [-0.2, -0.15) is 13.2 Å². The van der Waals surface area contributed by atoms with E-state index in [1.165, 1.54) is 18.2 Å².